The summed E-state index contributed by atoms with van der Waals surface area (Å²) in [5.41, 5.74) is -8.26. The number of carbonyl (C=O) groups excluding carboxylic acids is 2. The first-order valence-corrected chi connectivity index (χ1v) is 10.4. The van der Waals surface area contributed by atoms with Crippen LogP contribution in [0, 0.1) is 0 Å². The summed E-state index contributed by atoms with van der Waals surface area (Å²) in [6.07, 6.45) is -6.86. The average Bonchev–Trinajstić information content (AvgIpc) is 2.70. The lowest BCUT2D eigenvalue weighted by molar-refractivity contribution is -0.174. The van der Waals surface area contributed by atoms with Gasteiger partial charge in [-0.2, -0.15) is 0 Å². The van der Waals surface area contributed by atoms with Gasteiger partial charge in [-0.25, -0.2) is 14.4 Å². The minimum atomic E-state index is -2.78. The second-order valence-electron chi connectivity index (χ2n) is 8.01. The summed E-state index contributed by atoms with van der Waals surface area (Å²) >= 11 is 0. The predicted molar refractivity (Wildman–Crippen MR) is 120 cm³/mol. The van der Waals surface area contributed by atoms with Gasteiger partial charge in [0.25, 0.3) is 0 Å². The molecule has 0 bridgehead atoms. The molecule has 0 aliphatic heterocycles. The number of aliphatic hydroxyl groups is 3. The molecule has 0 rings (SSSR count). The number of carboxylic acid groups (broad SMARTS) is 8. The van der Waals surface area contributed by atoms with Crippen LogP contribution in [0.2, 0.25) is 0 Å². The molecule has 0 aromatic rings. The topological polar surface area (TPSA) is 402 Å². The summed E-state index contributed by atoms with van der Waals surface area (Å²) in [6.45, 7) is 0.912. The van der Waals surface area contributed by atoms with Crippen LogP contribution in [0.1, 0.15) is 45.4 Å². The van der Waals surface area contributed by atoms with Crippen LogP contribution in [0.3, 0.4) is 0 Å². The number of rotatable bonds is 15. The van der Waals surface area contributed by atoms with Crippen LogP contribution in [0.5, 0.6) is 0 Å². The lowest BCUT2D eigenvalue weighted by Gasteiger charge is -2.19. The highest BCUT2D eigenvalue weighted by Crippen LogP contribution is 2.18. The van der Waals surface area contributed by atoms with Gasteiger partial charge in [-0.3, -0.25) is 33.6 Å². The zero-order valence-corrected chi connectivity index (χ0v) is 21.2. The third-order valence-corrected chi connectivity index (χ3v) is 4.11. The molecule has 1 atom stereocenters. The van der Waals surface area contributed by atoms with E-state index in [1.165, 1.54) is 0 Å². The molecule has 11 N–H and O–H groups in total. The number of hydrogen-bond donors (Lipinski definition) is 11. The Labute approximate surface area is 231 Å². The molecule has 22 heteroatoms. The van der Waals surface area contributed by atoms with Crippen molar-refractivity contribution < 1.29 is 109 Å². The summed E-state index contributed by atoms with van der Waals surface area (Å²) in [5.74, 6) is -15.8. The van der Waals surface area contributed by atoms with E-state index in [1.54, 1.807) is 0 Å². The first-order valence-electron chi connectivity index (χ1n) is 10.4. The van der Waals surface area contributed by atoms with Crippen LogP contribution in [-0.4, -0.2) is 133 Å². The Morgan fingerprint density at radius 2 is 0.619 bits per heavy atom. The third kappa shape index (κ3) is 18.1. The minimum absolute atomic E-state index is 0.912. The summed E-state index contributed by atoms with van der Waals surface area (Å²) < 4.78 is 3.98. The van der Waals surface area contributed by atoms with Gasteiger partial charge in [0.1, 0.15) is 0 Å². The molecule has 1 unspecified atom stereocenters. The molecular weight excluding hydrogens is 592 g/mol. The van der Waals surface area contributed by atoms with Crippen molar-refractivity contribution in [3.05, 3.63) is 0 Å². The molecule has 0 saturated heterocycles. The van der Waals surface area contributed by atoms with Crippen LogP contribution in [0.15, 0.2) is 0 Å². The molecule has 0 aliphatic carbocycles. The Morgan fingerprint density at radius 3 is 0.762 bits per heavy atom. The number of ether oxygens (including phenoxy) is 1. The maximum absolute atomic E-state index is 10.9. The van der Waals surface area contributed by atoms with Crippen molar-refractivity contribution in [1.82, 2.24) is 0 Å². The Hall–Kier alpha value is -5.22. The largest absolute Gasteiger partial charge is 0.481 e. The van der Waals surface area contributed by atoms with E-state index in [2.05, 4.69) is 4.74 Å². The molecule has 0 aromatic heterocycles. The fourth-order valence-electron chi connectivity index (χ4n) is 2.33. The first kappa shape index (κ1) is 41.3. The molecule has 0 aromatic carbocycles. The Balaban J connectivity index is -0.000000548. The van der Waals surface area contributed by atoms with Crippen LogP contribution in [-0.2, 0) is 52.7 Å². The van der Waals surface area contributed by atoms with E-state index >= 15 is 0 Å². The van der Waals surface area contributed by atoms with Gasteiger partial charge in [-0.15, -0.1) is 0 Å². The van der Waals surface area contributed by atoms with Crippen LogP contribution in [0.4, 0.5) is 0 Å². The summed E-state index contributed by atoms with van der Waals surface area (Å²) in [4.78, 5) is 103. The van der Waals surface area contributed by atoms with E-state index in [0.29, 0.717) is 0 Å². The average molecular weight is 618 g/mol. The standard InChI is InChI=1S/C8H10O8.2C6H8O7/c1-4(9)16-6(12)3-8(15,7(13)14)2-5(10)11;2*7-3(8)1-6(13,5(11)12)2-4(9)10/h15H,2-3H2,1H3,(H,10,11)(H,13,14);2*13H,1-2H2,(H,7,8)(H,9,10)(H,11,12). The zero-order chi connectivity index (χ0) is 34.2. The van der Waals surface area contributed by atoms with Gasteiger partial charge in [0.05, 0.1) is 38.5 Å². The van der Waals surface area contributed by atoms with E-state index in [4.69, 9.17) is 51.1 Å². The fourth-order valence-corrected chi connectivity index (χ4v) is 2.33. The van der Waals surface area contributed by atoms with Gasteiger partial charge in [0, 0.05) is 6.92 Å². The monoisotopic (exact) mass is 618 g/mol. The molecule has 238 valence electrons. The predicted octanol–water partition coefficient (Wildman–Crippen LogP) is -3.74. The van der Waals surface area contributed by atoms with Gasteiger partial charge in [0.2, 0.25) is 0 Å². The van der Waals surface area contributed by atoms with Gasteiger partial charge >= 0.3 is 59.7 Å². The van der Waals surface area contributed by atoms with E-state index in [9.17, 15) is 53.1 Å². The van der Waals surface area contributed by atoms with Crippen LogP contribution >= 0.6 is 0 Å². The highest BCUT2D eigenvalue weighted by atomic mass is 16.6. The summed E-state index contributed by atoms with van der Waals surface area (Å²) in [6, 6.07) is 0. The molecule has 0 amide bonds. The SMILES string of the molecule is CC(=O)OC(=O)CC(O)(CC(=O)O)C(=O)O.O=C(O)CC(O)(CC(=O)O)C(=O)O.O=C(O)CC(O)(CC(=O)O)C(=O)O. The first-order chi connectivity index (χ1) is 18.7. The van der Waals surface area contributed by atoms with Gasteiger partial charge in [-0.1, -0.05) is 0 Å². The molecular formula is C20H26O22. The number of hydrogen-bond acceptors (Lipinski definition) is 14. The lowest BCUT2D eigenvalue weighted by Crippen LogP contribution is -2.43. The number of esters is 2. The molecule has 0 saturated carbocycles. The number of carbonyl (C=O) groups is 10. The summed E-state index contributed by atoms with van der Waals surface area (Å²) in [5, 5.41) is 93.9. The van der Waals surface area contributed by atoms with Crippen molar-refractivity contribution >= 4 is 59.7 Å². The normalized spacial score (nSPS) is 11.9. The van der Waals surface area contributed by atoms with E-state index in [-0.39, 0.29) is 0 Å². The molecule has 42 heavy (non-hydrogen) atoms. The highest BCUT2D eigenvalue weighted by molar-refractivity contribution is 5.92. The minimum Gasteiger partial charge on any atom is -0.481 e. The Morgan fingerprint density at radius 1 is 0.429 bits per heavy atom. The second-order valence-corrected chi connectivity index (χ2v) is 8.01. The van der Waals surface area contributed by atoms with E-state index in [1.807, 2.05) is 0 Å². The fraction of sp³-hybridized carbons (Fsp3) is 0.500. The molecule has 0 heterocycles. The van der Waals surface area contributed by atoms with Crippen molar-refractivity contribution in [1.29, 1.82) is 0 Å². The maximum atomic E-state index is 10.9. The summed E-state index contributed by atoms with van der Waals surface area (Å²) in [7, 11) is 0. The van der Waals surface area contributed by atoms with E-state index in [0.717, 1.165) is 6.92 Å². The molecule has 0 aliphatic rings. The smallest absolute Gasteiger partial charge is 0.336 e. The second kappa shape index (κ2) is 17.5. The van der Waals surface area contributed by atoms with Gasteiger partial charge in [0.15, 0.2) is 16.8 Å². The molecule has 22 nitrogen and oxygen atoms in total. The zero-order valence-electron chi connectivity index (χ0n) is 21.2. The molecule has 0 radical (unpaired) electrons. The van der Waals surface area contributed by atoms with Gasteiger partial charge in [-0.05, 0) is 0 Å². The van der Waals surface area contributed by atoms with Crippen molar-refractivity contribution in [2.45, 2.75) is 62.3 Å². The molecule has 0 fully saturated rings. The quantitative estimate of drug-likeness (QED) is 0.0620. The van der Waals surface area contributed by atoms with Crippen LogP contribution in [0.25, 0.3) is 0 Å². The third-order valence-electron chi connectivity index (χ3n) is 4.11. The highest BCUT2D eigenvalue weighted by Gasteiger charge is 2.42. The van der Waals surface area contributed by atoms with Crippen molar-refractivity contribution in [3.63, 3.8) is 0 Å². The van der Waals surface area contributed by atoms with Crippen molar-refractivity contribution in [2.24, 2.45) is 0 Å². The number of aliphatic carboxylic acids is 8. The Kier molecular flexibility index (Phi) is 17.2. The molecule has 0 spiro atoms. The van der Waals surface area contributed by atoms with E-state index < -0.39 is 115 Å². The van der Waals surface area contributed by atoms with Crippen LogP contribution < -0.4 is 0 Å². The van der Waals surface area contributed by atoms with Crippen molar-refractivity contribution in [3.8, 4) is 0 Å². The number of carboxylic acids is 8. The lowest BCUT2D eigenvalue weighted by atomic mass is 9.96. The van der Waals surface area contributed by atoms with Crippen molar-refractivity contribution in [2.75, 3.05) is 0 Å². The van der Waals surface area contributed by atoms with Gasteiger partial charge < -0.3 is 60.9 Å². The maximum Gasteiger partial charge on any atom is 0.336 e. The Bertz CT molecular complexity index is 1000.